The number of carbonyl (C=O) groups is 1. The van der Waals surface area contributed by atoms with Crippen molar-refractivity contribution in [1.82, 2.24) is 4.90 Å². The second kappa shape index (κ2) is 4.15. The van der Waals surface area contributed by atoms with Gasteiger partial charge in [-0.1, -0.05) is 18.2 Å². The van der Waals surface area contributed by atoms with Gasteiger partial charge in [0.1, 0.15) is 5.54 Å². The zero-order valence-corrected chi connectivity index (χ0v) is 9.98. The van der Waals surface area contributed by atoms with E-state index in [1.165, 1.54) is 0 Å². The smallest absolute Gasteiger partial charge is 0.244 e. The highest BCUT2D eigenvalue weighted by Gasteiger charge is 2.49. The number of benzene rings is 1. The normalized spacial score (nSPS) is 22.4. The molecule has 0 aliphatic carbocycles. The van der Waals surface area contributed by atoms with Crippen LogP contribution < -0.4 is 5.32 Å². The maximum Gasteiger partial charge on any atom is 0.244 e. The second-order valence-electron chi connectivity index (χ2n) is 5.05. The van der Waals surface area contributed by atoms with Gasteiger partial charge in [0.15, 0.2) is 0 Å². The first-order valence-electron chi connectivity index (χ1n) is 6.43. The molecule has 1 N–H and O–H groups in total. The highest BCUT2D eigenvalue weighted by molar-refractivity contribution is 5.98. The van der Waals surface area contributed by atoms with Gasteiger partial charge >= 0.3 is 0 Å². The topological polar surface area (TPSA) is 32.3 Å². The quantitative estimate of drug-likeness (QED) is 0.845. The van der Waals surface area contributed by atoms with Gasteiger partial charge in [0.05, 0.1) is 0 Å². The van der Waals surface area contributed by atoms with Gasteiger partial charge < -0.3 is 5.32 Å². The predicted octanol–water partition coefficient (Wildman–Crippen LogP) is 2.25. The van der Waals surface area contributed by atoms with Crippen molar-refractivity contribution in [3.8, 4) is 0 Å². The maximum atomic E-state index is 12.5. The molecule has 2 saturated heterocycles. The predicted molar refractivity (Wildman–Crippen MR) is 67.8 cm³/mol. The Morgan fingerprint density at radius 3 is 2.41 bits per heavy atom. The average molecular weight is 230 g/mol. The molecule has 90 valence electrons. The highest BCUT2D eigenvalue weighted by atomic mass is 16.2. The lowest BCUT2D eigenvalue weighted by atomic mass is 9.93. The molecule has 17 heavy (non-hydrogen) atoms. The minimum atomic E-state index is -0.199. The largest absolute Gasteiger partial charge is 0.324 e. The number of hydrogen-bond donors (Lipinski definition) is 1. The van der Waals surface area contributed by atoms with Crippen LogP contribution in [0.15, 0.2) is 30.3 Å². The van der Waals surface area contributed by atoms with Crippen molar-refractivity contribution in [2.45, 2.75) is 31.2 Å². The monoisotopic (exact) mass is 230 g/mol. The summed E-state index contributed by atoms with van der Waals surface area (Å²) in [6.45, 7) is 2.17. The number of carbonyl (C=O) groups excluding carboxylic acids is 1. The van der Waals surface area contributed by atoms with Crippen LogP contribution in [0.5, 0.6) is 0 Å². The SMILES string of the molecule is O=C(Nc1ccccc1)C12CCCN1CCC2. The number of para-hydroxylation sites is 1. The van der Waals surface area contributed by atoms with Crippen molar-refractivity contribution in [1.29, 1.82) is 0 Å². The Balaban J connectivity index is 1.78. The van der Waals surface area contributed by atoms with Crippen LogP contribution in [0.2, 0.25) is 0 Å². The Labute approximate surface area is 102 Å². The molecule has 0 aromatic heterocycles. The first-order chi connectivity index (χ1) is 8.31. The summed E-state index contributed by atoms with van der Waals surface area (Å²) in [5, 5.41) is 3.07. The second-order valence-corrected chi connectivity index (χ2v) is 5.05. The third-order valence-corrected chi connectivity index (χ3v) is 4.10. The van der Waals surface area contributed by atoms with E-state index < -0.39 is 0 Å². The van der Waals surface area contributed by atoms with E-state index in [4.69, 9.17) is 0 Å². The molecule has 0 unspecified atom stereocenters. The molecular weight excluding hydrogens is 212 g/mol. The van der Waals surface area contributed by atoms with Gasteiger partial charge in [-0.2, -0.15) is 0 Å². The first kappa shape index (κ1) is 10.8. The average Bonchev–Trinajstić information content (AvgIpc) is 2.89. The van der Waals surface area contributed by atoms with Crippen LogP contribution in [0.3, 0.4) is 0 Å². The number of amides is 1. The number of fused-ring (bicyclic) bond motifs is 1. The van der Waals surface area contributed by atoms with Crippen LogP contribution in [0.4, 0.5) is 5.69 Å². The lowest BCUT2D eigenvalue weighted by Gasteiger charge is -2.30. The molecule has 1 aromatic carbocycles. The molecule has 3 heteroatoms. The lowest BCUT2D eigenvalue weighted by Crippen LogP contribution is -2.48. The maximum absolute atomic E-state index is 12.5. The summed E-state index contributed by atoms with van der Waals surface area (Å²) >= 11 is 0. The van der Waals surface area contributed by atoms with Crippen molar-refractivity contribution in [3.05, 3.63) is 30.3 Å². The molecule has 2 aliphatic rings. The Morgan fingerprint density at radius 1 is 1.12 bits per heavy atom. The fourth-order valence-corrected chi connectivity index (χ4v) is 3.25. The van der Waals surface area contributed by atoms with Gasteiger partial charge in [-0.15, -0.1) is 0 Å². The van der Waals surface area contributed by atoms with Crippen LogP contribution in [-0.2, 0) is 4.79 Å². The van der Waals surface area contributed by atoms with Gasteiger partial charge in [-0.3, -0.25) is 9.69 Å². The molecular formula is C14H18N2O. The van der Waals surface area contributed by atoms with Crippen LogP contribution in [0, 0.1) is 0 Å². The Hall–Kier alpha value is -1.35. The molecule has 3 rings (SSSR count). The molecule has 2 heterocycles. The number of nitrogens with one attached hydrogen (secondary N) is 1. The summed E-state index contributed by atoms with van der Waals surface area (Å²) in [6.07, 6.45) is 4.35. The van der Waals surface area contributed by atoms with Gasteiger partial charge in [0, 0.05) is 5.69 Å². The van der Waals surface area contributed by atoms with Gasteiger partial charge in [0.2, 0.25) is 5.91 Å². The van der Waals surface area contributed by atoms with E-state index >= 15 is 0 Å². The van der Waals surface area contributed by atoms with Crippen LogP contribution in [0.1, 0.15) is 25.7 Å². The lowest BCUT2D eigenvalue weighted by molar-refractivity contribution is -0.125. The molecule has 1 amide bonds. The Bertz CT molecular complexity index is 405. The summed E-state index contributed by atoms with van der Waals surface area (Å²) in [7, 11) is 0. The van der Waals surface area contributed by atoms with Gasteiger partial charge in [-0.25, -0.2) is 0 Å². The molecule has 2 aliphatic heterocycles. The molecule has 0 saturated carbocycles. The summed E-state index contributed by atoms with van der Waals surface area (Å²) in [4.78, 5) is 14.8. The molecule has 0 bridgehead atoms. The third-order valence-electron chi connectivity index (χ3n) is 4.10. The minimum absolute atomic E-state index is 0.193. The summed E-state index contributed by atoms with van der Waals surface area (Å²) in [5.41, 5.74) is 0.709. The molecule has 1 aromatic rings. The van der Waals surface area contributed by atoms with E-state index in [0.29, 0.717) is 0 Å². The standard InChI is InChI=1S/C14H18N2O/c17-13(15-12-6-2-1-3-7-12)14-8-4-10-16(14)11-5-9-14/h1-3,6-7H,4-5,8-11H2,(H,15,17). The first-order valence-corrected chi connectivity index (χ1v) is 6.43. The van der Waals surface area contributed by atoms with Crippen molar-refractivity contribution in [3.63, 3.8) is 0 Å². The van der Waals surface area contributed by atoms with Crippen LogP contribution in [0.25, 0.3) is 0 Å². The van der Waals surface area contributed by atoms with E-state index in [2.05, 4.69) is 10.2 Å². The third kappa shape index (κ3) is 1.75. The van der Waals surface area contributed by atoms with Gasteiger partial charge in [-0.05, 0) is 50.9 Å². The number of rotatable bonds is 2. The zero-order chi connectivity index (χ0) is 11.7. The molecule has 0 radical (unpaired) electrons. The number of nitrogens with zero attached hydrogens (tertiary/aromatic N) is 1. The fourth-order valence-electron chi connectivity index (χ4n) is 3.25. The fraction of sp³-hybridized carbons (Fsp3) is 0.500. The van der Waals surface area contributed by atoms with Crippen molar-refractivity contribution >= 4 is 11.6 Å². The zero-order valence-electron chi connectivity index (χ0n) is 9.98. The van der Waals surface area contributed by atoms with E-state index in [1.807, 2.05) is 30.3 Å². The van der Waals surface area contributed by atoms with Crippen molar-refractivity contribution in [2.24, 2.45) is 0 Å². The Kier molecular flexibility index (Phi) is 2.63. The molecule has 2 fully saturated rings. The van der Waals surface area contributed by atoms with Gasteiger partial charge in [0.25, 0.3) is 0 Å². The van der Waals surface area contributed by atoms with Crippen molar-refractivity contribution < 1.29 is 4.79 Å². The van der Waals surface area contributed by atoms with Crippen molar-refractivity contribution in [2.75, 3.05) is 18.4 Å². The number of hydrogen-bond acceptors (Lipinski definition) is 2. The summed E-state index contributed by atoms with van der Waals surface area (Å²) < 4.78 is 0. The number of anilines is 1. The van der Waals surface area contributed by atoms with E-state index in [1.54, 1.807) is 0 Å². The molecule has 3 nitrogen and oxygen atoms in total. The Morgan fingerprint density at radius 2 is 1.76 bits per heavy atom. The summed E-state index contributed by atoms with van der Waals surface area (Å²) in [5.74, 6) is 0.193. The molecule has 0 atom stereocenters. The summed E-state index contributed by atoms with van der Waals surface area (Å²) in [6, 6.07) is 9.76. The highest BCUT2D eigenvalue weighted by Crippen LogP contribution is 2.39. The van der Waals surface area contributed by atoms with Crippen LogP contribution >= 0.6 is 0 Å². The van der Waals surface area contributed by atoms with Crippen LogP contribution in [-0.4, -0.2) is 29.4 Å². The van der Waals surface area contributed by atoms with E-state index in [-0.39, 0.29) is 11.4 Å². The van der Waals surface area contributed by atoms with E-state index in [0.717, 1.165) is 44.5 Å². The van der Waals surface area contributed by atoms with E-state index in [9.17, 15) is 4.79 Å². The molecule has 0 spiro atoms. The minimum Gasteiger partial charge on any atom is -0.324 e.